The topological polar surface area (TPSA) is 73.4 Å². The van der Waals surface area contributed by atoms with Crippen molar-refractivity contribution in [3.8, 4) is 11.3 Å². The van der Waals surface area contributed by atoms with Crippen LogP contribution in [0.5, 0.6) is 0 Å². The highest BCUT2D eigenvalue weighted by Crippen LogP contribution is 2.43. The van der Waals surface area contributed by atoms with Crippen LogP contribution < -0.4 is 5.73 Å². The van der Waals surface area contributed by atoms with Gasteiger partial charge in [-0.25, -0.2) is 14.4 Å². The number of aliphatic imine (C=N–C) groups is 1. The van der Waals surface area contributed by atoms with Crippen molar-refractivity contribution in [3.05, 3.63) is 48.1 Å². The number of allylic oxidation sites excluding steroid dienone is 1. The van der Waals surface area contributed by atoms with Crippen LogP contribution in [0.25, 0.3) is 21.5 Å². The lowest BCUT2D eigenvalue weighted by Gasteiger charge is -2.13. The number of nitrogen functional groups attached to an aromatic ring is 1. The molecule has 1 unspecified atom stereocenters. The highest BCUT2D eigenvalue weighted by atomic mass is 32.2. The summed E-state index contributed by atoms with van der Waals surface area (Å²) in [5, 5.41) is 0.836. The number of aromatic nitrogens is 2. The Morgan fingerprint density at radius 2 is 2.10 bits per heavy atom. The van der Waals surface area contributed by atoms with Crippen LogP contribution in [0, 0.1) is 5.82 Å². The van der Waals surface area contributed by atoms with Crippen molar-refractivity contribution < 1.29 is 9.13 Å². The minimum absolute atomic E-state index is 0.0183. The third-order valence-electron chi connectivity index (χ3n) is 4.58. The smallest absolute Gasteiger partial charge is 0.139 e. The minimum Gasteiger partial charge on any atom is -0.397 e. The number of halogens is 1. The molecule has 0 radical (unpaired) electrons. The summed E-state index contributed by atoms with van der Waals surface area (Å²) < 4.78 is 19.6. The molecule has 8 heteroatoms. The molecule has 1 atom stereocenters. The number of dihydropyridines is 1. The number of hydrogen-bond donors (Lipinski definition) is 1. The number of thioether (sulfide) groups is 1. The van der Waals surface area contributed by atoms with E-state index in [2.05, 4.69) is 11.1 Å². The summed E-state index contributed by atoms with van der Waals surface area (Å²) in [6, 6.07) is 6.35. The maximum absolute atomic E-state index is 13.5. The number of hydrogen-bond acceptors (Lipinski definition) is 7. The van der Waals surface area contributed by atoms with Crippen LogP contribution in [-0.4, -0.2) is 42.2 Å². The van der Waals surface area contributed by atoms with E-state index >= 15 is 0 Å². The van der Waals surface area contributed by atoms with Gasteiger partial charge in [0.25, 0.3) is 0 Å². The second-order valence-electron chi connectivity index (χ2n) is 6.62. The molecule has 3 aromatic rings. The number of fused-ring (bicyclic) bond motifs is 1. The monoisotopic (exact) mass is 428 g/mol. The number of thiophene rings is 1. The maximum atomic E-state index is 13.5. The Labute approximate surface area is 176 Å². The normalized spacial score (nSPS) is 16.0. The van der Waals surface area contributed by atoms with Gasteiger partial charge in [0.05, 0.1) is 33.4 Å². The molecule has 2 aromatic heterocycles. The van der Waals surface area contributed by atoms with E-state index in [-0.39, 0.29) is 11.7 Å². The van der Waals surface area contributed by atoms with Gasteiger partial charge in [0, 0.05) is 31.2 Å². The first-order chi connectivity index (χ1) is 14.2. The average molecular weight is 429 g/mol. The van der Waals surface area contributed by atoms with Gasteiger partial charge in [-0.05, 0) is 36.8 Å². The predicted molar refractivity (Wildman–Crippen MR) is 120 cm³/mol. The van der Waals surface area contributed by atoms with Crippen LogP contribution in [0.4, 0.5) is 10.1 Å². The molecule has 4 rings (SSSR count). The fourth-order valence-electron chi connectivity index (χ4n) is 3.12. The molecule has 1 aliphatic rings. The number of benzene rings is 1. The summed E-state index contributed by atoms with van der Waals surface area (Å²) in [5.74, 6) is 1.36. The van der Waals surface area contributed by atoms with Gasteiger partial charge >= 0.3 is 0 Å². The number of anilines is 1. The summed E-state index contributed by atoms with van der Waals surface area (Å²) in [4.78, 5) is 14.8. The molecule has 150 valence electrons. The first-order valence-electron chi connectivity index (χ1n) is 9.31. The lowest BCUT2D eigenvalue weighted by molar-refractivity contribution is 0.200. The second-order valence-corrected chi connectivity index (χ2v) is 8.98. The Morgan fingerprint density at radius 1 is 1.28 bits per heavy atom. The molecule has 0 bridgehead atoms. The van der Waals surface area contributed by atoms with Gasteiger partial charge < -0.3 is 10.5 Å². The van der Waals surface area contributed by atoms with Gasteiger partial charge in [-0.2, -0.15) is 0 Å². The molecule has 0 amide bonds. The van der Waals surface area contributed by atoms with Crippen molar-refractivity contribution in [2.75, 3.05) is 31.7 Å². The summed E-state index contributed by atoms with van der Waals surface area (Å²) in [6.45, 7) is 1.33. The molecular formula is C21H21FN4OS2. The quantitative estimate of drug-likeness (QED) is 0.427. The number of rotatable bonds is 7. The zero-order valence-electron chi connectivity index (χ0n) is 16.0. The highest BCUT2D eigenvalue weighted by Gasteiger charge is 2.22. The van der Waals surface area contributed by atoms with E-state index in [1.807, 2.05) is 6.08 Å². The average Bonchev–Trinajstić information content (AvgIpc) is 3.07. The Bertz CT molecular complexity index is 1060. The Kier molecular flexibility index (Phi) is 6.22. The predicted octanol–water partition coefficient (Wildman–Crippen LogP) is 4.93. The highest BCUT2D eigenvalue weighted by molar-refractivity contribution is 8.01. The van der Waals surface area contributed by atoms with Crippen LogP contribution in [-0.2, 0) is 4.74 Å². The van der Waals surface area contributed by atoms with E-state index < -0.39 is 0 Å². The zero-order valence-corrected chi connectivity index (χ0v) is 17.6. The summed E-state index contributed by atoms with van der Waals surface area (Å²) in [5.41, 5.74) is 8.77. The van der Waals surface area contributed by atoms with Crippen molar-refractivity contribution in [2.45, 2.75) is 16.5 Å². The number of nitrogens with zero attached hydrogens (tertiary/aromatic N) is 3. The van der Waals surface area contributed by atoms with E-state index in [9.17, 15) is 4.39 Å². The molecule has 3 heterocycles. The third kappa shape index (κ3) is 4.34. The molecule has 5 nitrogen and oxygen atoms in total. The summed E-state index contributed by atoms with van der Waals surface area (Å²) >= 11 is 3.29. The second kappa shape index (κ2) is 9.02. The van der Waals surface area contributed by atoms with Crippen LogP contribution >= 0.6 is 23.1 Å². The molecule has 0 aliphatic carbocycles. The molecule has 1 aromatic carbocycles. The van der Waals surface area contributed by atoms with E-state index in [0.717, 1.165) is 44.5 Å². The standard InChI is InChI=1S/C21H21FN4OS2/c1-27-10-3-11-28-21-17(23)16-18(13-5-7-15(22)8-6-13)25-19(26-20(16)29-21)14-4-2-9-24-12-14/h2,4-9,14H,3,10-12,23H2,1H3. The summed E-state index contributed by atoms with van der Waals surface area (Å²) in [6.07, 6.45) is 6.70. The van der Waals surface area contributed by atoms with Crippen molar-refractivity contribution >= 4 is 45.2 Å². The maximum Gasteiger partial charge on any atom is 0.139 e. The first kappa shape index (κ1) is 20.0. The molecule has 0 saturated heterocycles. The molecule has 1 aliphatic heterocycles. The van der Waals surface area contributed by atoms with Gasteiger partial charge in [-0.3, -0.25) is 4.99 Å². The lowest BCUT2D eigenvalue weighted by atomic mass is 10.0. The van der Waals surface area contributed by atoms with E-state index in [1.54, 1.807) is 48.6 Å². The van der Waals surface area contributed by atoms with Crippen LogP contribution in [0.1, 0.15) is 18.2 Å². The van der Waals surface area contributed by atoms with Gasteiger partial charge in [0.1, 0.15) is 16.5 Å². The minimum atomic E-state index is -0.281. The van der Waals surface area contributed by atoms with Crippen molar-refractivity contribution in [2.24, 2.45) is 4.99 Å². The first-order valence-corrected chi connectivity index (χ1v) is 11.1. The fraction of sp³-hybridized carbons (Fsp3) is 0.286. The van der Waals surface area contributed by atoms with Gasteiger partial charge in [-0.1, -0.05) is 6.08 Å². The zero-order chi connectivity index (χ0) is 20.2. The van der Waals surface area contributed by atoms with Gasteiger partial charge in [-0.15, -0.1) is 23.1 Å². The largest absolute Gasteiger partial charge is 0.397 e. The Hall–Kier alpha value is -2.29. The summed E-state index contributed by atoms with van der Waals surface area (Å²) in [7, 11) is 1.70. The number of methoxy groups -OCH3 is 1. The molecular weight excluding hydrogens is 407 g/mol. The van der Waals surface area contributed by atoms with Crippen molar-refractivity contribution in [1.29, 1.82) is 0 Å². The molecule has 0 fully saturated rings. The van der Waals surface area contributed by atoms with Gasteiger partial charge in [0.15, 0.2) is 0 Å². The van der Waals surface area contributed by atoms with Gasteiger partial charge in [0.2, 0.25) is 0 Å². The molecule has 0 saturated carbocycles. The fourth-order valence-corrected chi connectivity index (χ4v) is 5.39. The van der Waals surface area contributed by atoms with E-state index in [1.165, 1.54) is 12.1 Å². The molecule has 0 spiro atoms. The Morgan fingerprint density at radius 3 is 2.83 bits per heavy atom. The number of nitrogens with two attached hydrogens (primary N) is 1. The van der Waals surface area contributed by atoms with E-state index in [0.29, 0.717) is 18.1 Å². The SMILES string of the molecule is COCCCSc1sc2nc(C3C=CC=NC3)nc(-c3ccc(F)cc3)c2c1N. The number of ether oxygens (including phenoxy) is 1. The molecule has 29 heavy (non-hydrogen) atoms. The van der Waals surface area contributed by atoms with Crippen LogP contribution in [0.3, 0.4) is 0 Å². The Balaban J connectivity index is 1.80. The van der Waals surface area contributed by atoms with Crippen molar-refractivity contribution in [3.63, 3.8) is 0 Å². The lowest BCUT2D eigenvalue weighted by Crippen LogP contribution is -2.09. The third-order valence-corrected chi connectivity index (χ3v) is 7.06. The van der Waals surface area contributed by atoms with E-state index in [4.69, 9.17) is 20.4 Å². The van der Waals surface area contributed by atoms with Crippen molar-refractivity contribution in [1.82, 2.24) is 9.97 Å². The van der Waals surface area contributed by atoms with Crippen LogP contribution in [0.2, 0.25) is 0 Å². The van der Waals surface area contributed by atoms with Crippen LogP contribution in [0.15, 0.2) is 45.6 Å². The molecule has 2 N–H and O–H groups in total.